The Labute approximate surface area is 161 Å². The van der Waals surface area contributed by atoms with Crippen molar-refractivity contribution in [1.82, 2.24) is 5.43 Å². The zero-order valence-electron chi connectivity index (χ0n) is 14.1. The normalized spacial score (nSPS) is 15.1. The standard InChI is InChI=1S/C17H11ClFN3O6/c1-28-14-7-10(22(26)27)4-8(15(14)23)5-11-16(24)20-21(17(11)25)9-2-3-13(19)12(18)6-9/h2-7,23H,1H3,(H,20,24). The Morgan fingerprint density at radius 2 is 2.04 bits per heavy atom. The monoisotopic (exact) mass is 407 g/mol. The number of rotatable bonds is 4. The van der Waals surface area contributed by atoms with Gasteiger partial charge in [0.05, 0.1) is 28.8 Å². The lowest BCUT2D eigenvalue weighted by Crippen LogP contribution is -2.35. The van der Waals surface area contributed by atoms with Gasteiger partial charge in [-0.05, 0) is 24.3 Å². The number of nitrogens with zero attached hydrogens (tertiary/aromatic N) is 2. The quantitative estimate of drug-likeness (QED) is 0.347. The first-order valence-electron chi connectivity index (χ1n) is 7.60. The fraction of sp³-hybridized carbons (Fsp3) is 0.0588. The lowest BCUT2D eigenvalue weighted by atomic mass is 10.1. The molecule has 0 aromatic heterocycles. The number of methoxy groups -OCH3 is 1. The second-order valence-electron chi connectivity index (χ2n) is 5.58. The van der Waals surface area contributed by atoms with Crippen LogP contribution in [0.3, 0.4) is 0 Å². The van der Waals surface area contributed by atoms with E-state index >= 15 is 0 Å². The molecule has 0 saturated carbocycles. The lowest BCUT2D eigenvalue weighted by molar-refractivity contribution is -0.385. The van der Waals surface area contributed by atoms with Gasteiger partial charge in [0.2, 0.25) is 0 Å². The molecule has 2 N–H and O–H groups in total. The van der Waals surface area contributed by atoms with Crippen LogP contribution < -0.4 is 15.2 Å². The van der Waals surface area contributed by atoms with Crippen LogP contribution in [-0.2, 0) is 9.59 Å². The summed E-state index contributed by atoms with van der Waals surface area (Å²) < 4.78 is 18.2. The number of non-ortho nitro benzene ring substituents is 1. The van der Waals surface area contributed by atoms with Crippen LogP contribution in [0.2, 0.25) is 5.02 Å². The number of anilines is 1. The average molecular weight is 408 g/mol. The van der Waals surface area contributed by atoms with Crippen molar-refractivity contribution in [3.05, 3.63) is 62.4 Å². The predicted octanol–water partition coefficient (Wildman–Crippen LogP) is 2.56. The van der Waals surface area contributed by atoms with Crippen molar-refractivity contribution in [1.29, 1.82) is 0 Å². The van der Waals surface area contributed by atoms with E-state index in [0.29, 0.717) is 0 Å². The summed E-state index contributed by atoms with van der Waals surface area (Å²) >= 11 is 5.69. The first kappa shape index (κ1) is 19.1. The fourth-order valence-electron chi connectivity index (χ4n) is 2.50. The Morgan fingerprint density at radius 1 is 1.32 bits per heavy atom. The van der Waals surface area contributed by atoms with Gasteiger partial charge in [-0.15, -0.1) is 0 Å². The number of hydrogen-bond donors (Lipinski definition) is 2. The van der Waals surface area contributed by atoms with Gasteiger partial charge in [-0.3, -0.25) is 25.1 Å². The number of hydrazine groups is 1. The summed E-state index contributed by atoms with van der Waals surface area (Å²) in [7, 11) is 1.20. The smallest absolute Gasteiger partial charge is 0.282 e. The highest BCUT2D eigenvalue weighted by Gasteiger charge is 2.35. The molecular formula is C17H11ClFN3O6. The molecule has 1 heterocycles. The van der Waals surface area contributed by atoms with E-state index < -0.39 is 39.6 Å². The molecule has 0 unspecified atom stereocenters. The molecule has 2 aromatic carbocycles. The summed E-state index contributed by atoms with van der Waals surface area (Å²) in [6.07, 6.45) is 0.994. The van der Waals surface area contributed by atoms with Crippen molar-refractivity contribution < 1.29 is 28.7 Å². The van der Waals surface area contributed by atoms with Crippen LogP contribution in [0.4, 0.5) is 15.8 Å². The molecule has 0 atom stereocenters. The molecule has 2 amide bonds. The number of ether oxygens (including phenoxy) is 1. The van der Waals surface area contributed by atoms with Crippen molar-refractivity contribution in [2.24, 2.45) is 0 Å². The third-order valence-electron chi connectivity index (χ3n) is 3.87. The molecule has 0 bridgehead atoms. The van der Waals surface area contributed by atoms with E-state index in [0.717, 1.165) is 35.4 Å². The molecule has 1 saturated heterocycles. The number of benzene rings is 2. The van der Waals surface area contributed by atoms with Gasteiger partial charge in [-0.25, -0.2) is 9.40 Å². The van der Waals surface area contributed by atoms with Gasteiger partial charge in [-0.1, -0.05) is 11.6 Å². The predicted molar refractivity (Wildman–Crippen MR) is 96.3 cm³/mol. The van der Waals surface area contributed by atoms with E-state index in [1.165, 1.54) is 13.2 Å². The van der Waals surface area contributed by atoms with E-state index in [-0.39, 0.29) is 22.0 Å². The Bertz CT molecular complexity index is 1060. The Morgan fingerprint density at radius 3 is 2.64 bits per heavy atom. The zero-order chi connectivity index (χ0) is 20.6. The highest BCUT2D eigenvalue weighted by atomic mass is 35.5. The molecule has 1 fully saturated rings. The van der Waals surface area contributed by atoms with Crippen molar-refractivity contribution in [2.45, 2.75) is 0 Å². The first-order valence-corrected chi connectivity index (χ1v) is 7.98. The molecule has 28 heavy (non-hydrogen) atoms. The maximum atomic E-state index is 13.3. The van der Waals surface area contributed by atoms with Gasteiger partial charge < -0.3 is 9.84 Å². The van der Waals surface area contributed by atoms with E-state index in [1.54, 1.807) is 0 Å². The number of phenols is 1. The third-order valence-corrected chi connectivity index (χ3v) is 4.16. The van der Waals surface area contributed by atoms with Crippen molar-refractivity contribution in [3.8, 4) is 11.5 Å². The maximum absolute atomic E-state index is 13.3. The second-order valence-corrected chi connectivity index (χ2v) is 5.99. The number of amides is 2. The first-order chi connectivity index (χ1) is 13.2. The number of nitrogens with one attached hydrogen (secondary N) is 1. The topological polar surface area (TPSA) is 122 Å². The van der Waals surface area contributed by atoms with Gasteiger partial charge in [0.15, 0.2) is 11.5 Å². The molecule has 1 aliphatic heterocycles. The van der Waals surface area contributed by atoms with E-state index in [2.05, 4.69) is 5.43 Å². The summed E-state index contributed by atoms with van der Waals surface area (Å²) in [6, 6.07) is 5.39. The van der Waals surface area contributed by atoms with Crippen LogP contribution in [0.25, 0.3) is 6.08 Å². The molecule has 144 valence electrons. The average Bonchev–Trinajstić information content (AvgIpc) is 2.93. The Balaban J connectivity index is 2.04. The highest BCUT2D eigenvalue weighted by molar-refractivity contribution is 6.33. The molecule has 11 heteroatoms. The van der Waals surface area contributed by atoms with Crippen LogP contribution in [0.5, 0.6) is 11.5 Å². The molecule has 2 aromatic rings. The number of carbonyl (C=O) groups excluding carboxylic acids is 2. The number of halogens is 2. The molecular weight excluding hydrogens is 397 g/mol. The van der Waals surface area contributed by atoms with E-state index in [9.17, 15) is 29.2 Å². The number of nitro benzene ring substituents is 1. The minimum absolute atomic E-state index is 0.106. The summed E-state index contributed by atoms with van der Waals surface area (Å²) in [5.41, 5.74) is 1.40. The highest BCUT2D eigenvalue weighted by Crippen LogP contribution is 2.36. The van der Waals surface area contributed by atoms with Crippen molar-refractivity contribution >= 4 is 40.9 Å². The van der Waals surface area contributed by atoms with Crippen LogP contribution in [0.1, 0.15) is 5.56 Å². The SMILES string of the molecule is COc1cc([N+](=O)[O-])cc(C=C2C(=O)NN(c3ccc(F)c(Cl)c3)C2=O)c1O. The van der Waals surface area contributed by atoms with Gasteiger partial charge in [-0.2, -0.15) is 0 Å². The Hall–Kier alpha value is -3.66. The van der Waals surface area contributed by atoms with Crippen molar-refractivity contribution in [3.63, 3.8) is 0 Å². The maximum Gasteiger partial charge on any atom is 0.282 e. The summed E-state index contributed by atoms with van der Waals surface area (Å²) in [6.45, 7) is 0. The van der Waals surface area contributed by atoms with Gasteiger partial charge >= 0.3 is 0 Å². The number of phenolic OH excluding ortho intramolecular Hbond substituents is 1. The number of nitro groups is 1. The largest absolute Gasteiger partial charge is 0.504 e. The zero-order valence-corrected chi connectivity index (χ0v) is 14.9. The number of aromatic hydroxyl groups is 1. The van der Waals surface area contributed by atoms with Gasteiger partial charge in [0.1, 0.15) is 11.4 Å². The molecule has 0 aliphatic carbocycles. The van der Waals surface area contributed by atoms with E-state index in [4.69, 9.17) is 16.3 Å². The van der Waals surface area contributed by atoms with Crippen LogP contribution in [-0.4, -0.2) is 29.0 Å². The second kappa shape index (κ2) is 7.16. The molecule has 0 spiro atoms. The van der Waals surface area contributed by atoms with E-state index in [1.807, 2.05) is 0 Å². The van der Waals surface area contributed by atoms with Gasteiger partial charge in [0, 0.05) is 11.6 Å². The minimum Gasteiger partial charge on any atom is -0.504 e. The number of hydrogen-bond acceptors (Lipinski definition) is 6. The minimum atomic E-state index is -0.824. The summed E-state index contributed by atoms with van der Waals surface area (Å²) in [4.78, 5) is 35.1. The van der Waals surface area contributed by atoms with Crippen LogP contribution in [0.15, 0.2) is 35.9 Å². The van der Waals surface area contributed by atoms with Crippen LogP contribution >= 0.6 is 11.6 Å². The molecule has 0 radical (unpaired) electrons. The van der Waals surface area contributed by atoms with Gasteiger partial charge in [0.25, 0.3) is 17.5 Å². The number of carbonyl (C=O) groups is 2. The molecule has 3 rings (SSSR count). The Kier molecular flexibility index (Phi) is 4.89. The summed E-state index contributed by atoms with van der Waals surface area (Å²) in [5, 5.41) is 21.8. The fourth-order valence-corrected chi connectivity index (χ4v) is 2.68. The third kappa shape index (κ3) is 3.32. The lowest BCUT2D eigenvalue weighted by Gasteiger charge is -2.14. The van der Waals surface area contributed by atoms with Crippen molar-refractivity contribution in [2.75, 3.05) is 12.1 Å². The van der Waals surface area contributed by atoms with Crippen LogP contribution in [0, 0.1) is 15.9 Å². The summed E-state index contributed by atoms with van der Waals surface area (Å²) in [5.74, 6) is -3.03. The molecule has 9 nitrogen and oxygen atoms in total. The molecule has 1 aliphatic rings.